The summed E-state index contributed by atoms with van der Waals surface area (Å²) in [7, 11) is 0. The van der Waals surface area contributed by atoms with Crippen LogP contribution in [0.5, 0.6) is 11.5 Å². The number of nitrogen functional groups attached to an aromatic ring is 1. The van der Waals surface area contributed by atoms with Gasteiger partial charge in [0.2, 0.25) is 0 Å². The van der Waals surface area contributed by atoms with Crippen LogP contribution >= 0.6 is 0 Å². The minimum Gasteiger partial charge on any atom is -0.478 e. The Balaban J connectivity index is 2.32. The molecule has 4 nitrogen and oxygen atoms in total. The molecule has 17 heavy (non-hydrogen) atoms. The number of hydrogen-bond acceptors (Lipinski definition) is 3. The lowest BCUT2D eigenvalue weighted by molar-refractivity contribution is 0.0696. The van der Waals surface area contributed by atoms with Crippen molar-refractivity contribution < 1.29 is 14.6 Å². The summed E-state index contributed by atoms with van der Waals surface area (Å²) in [5.74, 6) is -0.0549. The fraction of sp³-hybridized carbons (Fsp3) is 0. The van der Waals surface area contributed by atoms with Gasteiger partial charge in [0.25, 0.3) is 0 Å². The highest BCUT2D eigenvalue weighted by atomic mass is 16.5. The number of nitrogens with two attached hydrogens (primary N) is 1. The Morgan fingerprint density at radius 1 is 1.12 bits per heavy atom. The van der Waals surface area contributed by atoms with Crippen LogP contribution in [-0.4, -0.2) is 11.1 Å². The number of para-hydroxylation sites is 1. The summed E-state index contributed by atoms with van der Waals surface area (Å²) in [6.45, 7) is 0. The van der Waals surface area contributed by atoms with E-state index in [0.717, 1.165) is 0 Å². The normalized spacial score (nSPS) is 9.88. The zero-order valence-corrected chi connectivity index (χ0v) is 8.96. The van der Waals surface area contributed by atoms with Gasteiger partial charge < -0.3 is 15.6 Å². The van der Waals surface area contributed by atoms with Crippen molar-refractivity contribution in [3.8, 4) is 11.5 Å². The van der Waals surface area contributed by atoms with E-state index in [1.165, 1.54) is 18.2 Å². The van der Waals surface area contributed by atoms with Crippen LogP contribution in [0.1, 0.15) is 10.4 Å². The van der Waals surface area contributed by atoms with Gasteiger partial charge in [-0.25, -0.2) is 4.79 Å². The summed E-state index contributed by atoms with van der Waals surface area (Å²) in [6, 6.07) is 13.4. The van der Waals surface area contributed by atoms with Gasteiger partial charge in [-0.1, -0.05) is 18.2 Å². The van der Waals surface area contributed by atoms with Crippen molar-refractivity contribution >= 4 is 11.7 Å². The lowest BCUT2D eigenvalue weighted by Gasteiger charge is -2.08. The highest BCUT2D eigenvalue weighted by Crippen LogP contribution is 2.28. The molecule has 86 valence electrons. The first-order chi connectivity index (χ1) is 8.16. The van der Waals surface area contributed by atoms with Crippen molar-refractivity contribution in [1.82, 2.24) is 0 Å². The second-order valence-electron chi connectivity index (χ2n) is 3.47. The third-order valence-corrected chi connectivity index (χ3v) is 2.23. The molecule has 0 amide bonds. The van der Waals surface area contributed by atoms with E-state index in [-0.39, 0.29) is 5.56 Å². The quantitative estimate of drug-likeness (QED) is 0.794. The predicted octanol–water partition coefficient (Wildman–Crippen LogP) is 2.76. The van der Waals surface area contributed by atoms with Gasteiger partial charge in [0.15, 0.2) is 5.75 Å². The monoisotopic (exact) mass is 229 g/mol. The molecule has 0 aliphatic heterocycles. The van der Waals surface area contributed by atoms with Crippen LogP contribution in [-0.2, 0) is 0 Å². The highest BCUT2D eigenvalue weighted by Gasteiger charge is 2.08. The van der Waals surface area contributed by atoms with Crippen molar-refractivity contribution in [2.24, 2.45) is 0 Å². The molecular weight excluding hydrogens is 218 g/mol. The number of carboxylic acid groups (broad SMARTS) is 1. The first-order valence-electron chi connectivity index (χ1n) is 5.02. The molecule has 0 saturated carbocycles. The zero-order chi connectivity index (χ0) is 12.3. The molecule has 0 fully saturated rings. The van der Waals surface area contributed by atoms with Crippen LogP contribution in [0.3, 0.4) is 0 Å². The zero-order valence-electron chi connectivity index (χ0n) is 8.96. The Hall–Kier alpha value is -2.49. The van der Waals surface area contributed by atoms with Gasteiger partial charge in [0.1, 0.15) is 5.75 Å². The van der Waals surface area contributed by atoms with E-state index >= 15 is 0 Å². The Bertz CT molecular complexity index is 538. The first kappa shape index (κ1) is 11.0. The van der Waals surface area contributed by atoms with Gasteiger partial charge in [0, 0.05) is 0 Å². The van der Waals surface area contributed by atoms with Gasteiger partial charge in [-0.3, -0.25) is 0 Å². The topological polar surface area (TPSA) is 72.6 Å². The number of ether oxygens (including phenoxy) is 1. The van der Waals surface area contributed by atoms with Crippen molar-refractivity contribution in [1.29, 1.82) is 0 Å². The van der Waals surface area contributed by atoms with Crippen molar-refractivity contribution in [2.45, 2.75) is 0 Å². The molecule has 0 aromatic heterocycles. The second kappa shape index (κ2) is 4.57. The molecule has 3 N–H and O–H groups in total. The van der Waals surface area contributed by atoms with Crippen LogP contribution in [0.25, 0.3) is 0 Å². The maximum Gasteiger partial charge on any atom is 0.335 e. The van der Waals surface area contributed by atoms with Gasteiger partial charge in [-0.2, -0.15) is 0 Å². The molecule has 0 bridgehead atoms. The molecule has 0 aliphatic rings. The average Bonchev–Trinajstić information content (AvgIpc) is 2.33. The Kier molecular flexibility index (Phi) is 2.96. The molecule has 2 aromatic carbocycles. The molecule has 2 aromatic rings. The Morgan fingerprint density at radius 2 is 1.82 bits per heavy atom. The first-order valence-corrected chi connectivity index (χ1v) is 5.02. The SMILES string of the molecule is Nc1ccc(C(=O)O)cc1Oc1ccccc1. The largest absolute Gasteiger partial charge is 0.478 e. The van der Waals surface area contributed by atoms with Gasteiger partial charge in [0.05, 0.1) is 11.3 Å². The summed E-state index contributed by atoms with van der Waals surface area (Å²) in [5.41, 5.74) is 6.26. The molecule has 0 heterocycles. The molecule has 4 heteroatoms. The van der Waals surface area contributed by atoms with Gasteiger partial charge in [-0.05, 0) is 30.3 Å². The molecule has 0 radical (unpaired) electrons. The maximum atomic E-state index is 10.8. The summed E-state index contributed by atoms with van der Waals surface area (Å²) in [6.07, 6.45) is 0. The second-order valence-corrected chi connectivity index (χ2v) is 3.47. The van der Waals surface area contributed by atoms with Crippen LogP contribution in [0.2, 0.25) is 0 Å². The number of benzene rings is 2. The maximum absolute atomic E-state index is 10.8. The van der Waals surface area contributed by atoms with Crippen LogP contribution < -0.4 is 10.5 Å². The van der Waals surface area contributed by atoms with Crippen molar-refractivity contribution in [3.05, 3.63) is 54.1 Å². The smallest absolute Gasteiger partial charge is 0.335 e. The highest BCUT2D eigenvalue weighted by molar-refractivity contribution is 5.89. The molecule has 0 aliphatic carbocycles. The van der Waals surface area contributed by atoms with Crippen molar-refractivity contribution in [3.63, 3.8) is 0 Å². The molecular formula is C13H11NO3. The minimum absolute atomic E-state index is 0.144. The lowest BCUT2D eigenvalue weighted by Crippen LogP contribution is -1.99. The third-order valence-electron chi connectivity index (χ3n) is 2.23. The van der Waals surface area contributed by atoms with Gasteiger partial charge in [-0.15, -0.1) is 0 Å². The van der Waals surface area contributed by atoms with Crippen molar-refractivity contribution in [2.75, 3.05) is 5.73 Å². The number of carbonyl (C=O) groups is 1. The van der Waals surface area contributed by atoms with E-state index < -0.39 is 5.97 Å². The van der Waals surface area contributed by atoms with E-state index in [1.807, 2.05) is 18.2 Å². The van der Waals surface area contributed by atoms with E-state index in [2.05, 4.69) is 0 Å². The molecule has 0 atom stereocenters. The molecule has 0 spiro atoms. The summed E-state index contributed by atoms with van der Waals surface area (Å²) in [4.78, 5) is 10.8. The number of anilines is 1. The van der Waals surface area contributed by atoms with E-state index in [4.69, 9.17) is 15.6 Å². The van der Waals surface area contributed by atoms with E-state index in [0.29, 0.717) is 17.2 Å². The van der Waals surface area contributed by atoms with Crippen LogP contribution in [0.4, 0.5) is 5.69 Å². The summed E-state index contributed by atoms with van der Waals surface area (Å²) >= 11 is 0. The standard InChI is InChI=1S/C13H11NO3/c14-11-7-6-9(13(15)16)8-12(11)17-10-4-2-1-3-5-10/h1-8H,14H2,(H,15,16). The lowest BCUT2D eigenvalue weighted by atomic mass is 10.2. The van der Waals surface area contributed by atoms with E-state index in [1.54, 1.807) is 12.1 Å². The van der Waals surface area contributed by atoms with E-state index in [9.17, 15) is 4.79 Å². The minimum atomic E-state index is -1.01. The Morgan fingerprint density at radius 3 is 2.47 bits per heavy atom. The predicted molar refractivity (Wildman–Crippen MR) is 64.3 cm³/mol. The van der Waals surface area contributed by atoms with Crippen LogP contribution in [0.15, 0.2) is 48.5 Å². The number of aromatic carboxylic acids is 1. The summed E-state index contributed by atoms with van der Waals surface area (Å²) in [5, 5.41) is 8.87. The molecule has 0 saturated heterocycles. The number of hydrogen-bond donors (Lipinski definition) is 2. The summed E-state index contributed by atoms with van der Waals surface area (Å²) < 4.78 is 5.51. The average molecular weight is 229 g/mol. The Labute approximate surface area is 98.3 Å². The molecule has 0 unspecified atom stereocenters. The number of carboxylic acids is 1. The third kappa shape index (κ3) is 2.55. The van der Waals surface area contributed by atoms with Gasteiger partial charge >= 0.3 is 5.97 Å². The van der Waals surface area contributed by atoms with Crippen LogP contribution in [0, 0.1) is 0 Å². The molecule has 2 rings (SSSR count). The fourth-order valence-electron chi connectivity index (χ4n) is 1.37. The number of rotatable bonds is 3. The fourth-order valence-corrected chi connectivity index (χ4v) is 1.37.